The number of aliphatic hydroxyl groups excluding tert-OH is 5. The fraction of sp³-hybridized carbons (Fsp3) is 0.882. The summed E-state index contributed by atoms with van der Waals surface area (Å²) in [5.41, 5.74) is 0. The maximum absolute atomic E-state index is 13.4. The zero-order chi connectivity index (χ0) is 57.5. The highest BCUT2D eigenvalue weighted by Gasteiger charge is 2.47. The fourth-order valence-electron chi connectivity index (χ4n) is 10.7. The molecule has 1 rings (SSSR count). The minimum Gasteiger partial charge on any atom is -0.454 e. The molecule has 1 aliphatic rings. The highest BCUT2D eigenvalue weighted by Crippen LogP contribution is 2.26. The minimum atomic E-state index is -1.61. The molecule has 1 heterocycles. The molecule has 1 saturated heterocycles. The number of hydrogen-bond acceptors (Lipinski definition) is 10. The Morgan fingerprint density at radius 3 is 1.29 bits per heavy atom. The largest absolute Gasteiger partial charge is 0.454 e. The average molecular weight is 1120 g/mol. The lowest BCUT2D eigenvalue weighted by Gasteiger charge is -2.41. The molecule has 8 atom stereocenters. The number of esters is 1. The Labute approximate surface area is 485 Å². The van der Waals surface area contributed by atoms with Crippen molar-refractivity contribution in [1.82, 2.24) is 5.32 Å². The predicted molar refractivity (Wildman–Crippen MR) is 329 cm³/mol. The second kappa shape index (κ2) is 56.4. The van der Waals surface area contributed by atoms with Crippen molar-refractivity contribution in [2.24, 2.45) is 0 Å². The topological polar surface area (TPSA) is 175 Å². The summed E-state index contributed by atoms with van der Waals surface area (Å²) in [6.45, 7) is 5.79. The molecule has 1 amide bonds. The van der Waals surface area contributed by atoms with Crippen LogP contribution in [0, 0.1) is 0 Å². The SMILES string of the molecule is CCCCC/C=C/C=C/CCCCCCCC(O)C(=O)NC(COC1OC(CO)C(O)C(O)C1OC(=O)CCCCCCCCCCCCCCCCCCCCCCCCC)C(O)/C=C/CCCCCCCCCCCCC. The normalized spacial score (nSPS) is 19.0. The van der Waals surface area contributed by atoms with Gasteiger partial charge in [-0.15, -0.1) is 0 Å². The molecular weight excluding hydrogens is 991 g/mol. The Balaban J connectivity index is 2.60. The van der Waals surface area contributed by atoms with Crippen molar-refractivity contribution in [2.45, 2.75) is 372 Å². The molecule has 1 aliphatic heterocycles. The zero-order valence-corrected chi connectivity index (χ0v) is 51.5. The first-order valence-corrected chi connectivity index (χ1v) is 33.8. The monoisotopic (exact) mass is 1120 g/mol. The van der Waals surface area contributed by atoms with Gasteiger partial charge in [0.1, 0.15) is 24.4 Å². The Morgan fingerprint density at radius 2 is 0.861 bits per heavy atom. The fourth-order valence-corrected chi connectivity index (χ4v) is 10.7. The van der Waals surface area contributed by atoms with E-state index < -0.39 is 67.4 Å². The van der Waals surface area contributed by atoms with Crippen LogP contribution in [0.3, 0.4) is 0 Å². The number of rotatable bonds is 58. The Kier molecular flexibility index (Phi) is 53.4. The second-order valence-electron chi connectivity index (χ2n) is 23.6. The van der Waals surface area contributed by atoms with Gasteiger partial charge in [-0.1, -0.05) is 301 Å². The number of aliphatic hydroxyl groups is 5. The van der Waals surface area contributed by atoms with E-state index in [-0.39, 0.29) is 19.4 Å². The standard InChI is InChI=1S/C68H127NO10/c1-4-7-10-13-16-19-22-25-27-28-29-30-31-32-33-34-35-38-41-44-47-50-53-56-63(73)79-66-65(75)64(74)62(57-70)78-68(66)77-58-59(60(71)54-51-48-45-42-39-36-24-21-18-15-12-9-6-3)69-67(76)61(72)55-52-49-46-43-40-37-26-23-20-17-14-11-8-5-2/h17,20,23,26,51,54,59-62,64-66,68,70-72,74-75H,4-16,18-19,21-22,24-25,27-50,52-53,55-58H2,1-3H3,(H,69,76)/b20-17+,26-23+,54-51+. The van der Waals surface area contributed by atoms with Gasteiger partial charge in [0.2, 0.25) is 5.91 Å². The molecule has 0 aliphatic carbocycles. The summed E-state index contributed by atoms with van der Waals surface area (Å²) in [7, 11) is 0. The van der Waals surface area contributed by atoms with Crippen LogP contribution in [0.4, 0.5) is 0 Å². The number of hydrogen-bond donors (Lipinski definition) is 6. The van der Waals surface area contributed by atoms with Crippen LogP contribution < -0.4 is 5.32 Å². The van der Waals surface area contributed by atoms with E-state index in [0.717, 1.165) is 77.0 Å². The highest BCUT2D eigenvalue weighted by atomic mass is 16.7. The number of carbonyl (C=O) groups is 2. The molecule has 1 fully saturated rings. The summed E-state index contributed by atoms with van der Waals surface area (Å²) in [5.74, 6) is -1.19. The van der Waals surface area contributed by atoms with E-state index in [2.05, 4.69) is 50.4 Å². The van der Waals surface area contributed by atoms with Crippen molar-refractivity contribution in [3.63, 3.8) is 0 Å². The van der Waals surface area contributed by atoms with Crippen LogP contribution in [-0.2, 0) is 23.8 Å². The van der Waals surface area contributed by atoms with E-state index in [9.17, 15) is 35.1 Å². The Bertz CT molecular complexity index is 1420. The van der Waals surface area contributed by atoms with Gasteiger partial charge in [-0.2, -0.15) is 0 Å². The molecule has 8 unspecified atom stereocenters. The molecule has 79 heavy (non-hydrogen) atoms. The average Bonchev–Trinajstić information content (AvgIpc) is 3.49. The number of ether oxygens (including phenoxy) is 3. The maximum atomic E-state index is 13.4. The summed E-state index contributed by atoms with van der Waals surface area (Å²) in [4.78, 5) is 26.6. The van der Waals surface area contributed by atoms with Crippen LogP contribution in [0.1, 0.15) is 323 Å². The molecular formula is C68H127NO10. The molecule has 0 saturated carbocycles. The van der Waals surface area contributed by atoms with Crippen LogP contribution >= 0.6 is 0 Å². The summed E-state index contributed by atoms with van der Waals surface area (Å²) >= 11 is 0. The number of carbonyl (C=O) groups excluding carboxylic acids is 2. The van der Waals surface area contributed by atoms with Gasteiger partial charge in [-0.25, -0.2) is 0 Å². The lowest BCUT2D eigenvalue weighted by Crippen LogP contribution is -2.61. The minimum absolute atomic E-state index is 0.127. The number of allylic oxidation sites excluding steroid dienone is 5. The van der Waals surface area contributed by atoms with Crippen molar-refractivity contribution >= 4 is 11.9 Å². The van der Waals surface area contributed by atoms with Gasteiger partial charge >= 0.3 is 5.97 Å². The van der Waals surface area contributed by atoms with Crippen LogP contribution in [0.2, 0.25) is 0 Å². The van der Waals surface area contributed by atoms with Gasteiger partial charge in [0.25, 0.3) is 0 Å². The van der Waals surface area contributed by atoms with E-state index in [1.165, 1.54) is 199 Å². The number of amides is 1. The molecule has 0 aromatic carbocycles. The van der Waals surface area contributed by atoms with Crippen LogP contribution in [0.15, 0.2) is 36.5 Å². The zero-order valence-electron chi connectivity index (χ0n) is 51.5. The maximum Gasteiger partial charge on any atom is 0.306 e. The lowest BCUT2D eigenvalue weighted by atomic mass is 9.99. The lowest BCUT2D eigenvalue weighted by molar-refractivity contribution is -0.305. The first-order chi connectivity index (χ1) is 38.7. The van der Waals surface area contributed by atoms with Crippen molar-refractivity contribution in [3.05, 3.63) is 36.5 Å². The predicted octanol–water partition coefficient (Wildman–Crippen LogP) is 16.6. The molecule has 11 nitrogen and oxygen atoms in total. The Hall–Kier alpha value is -2.12. The first-order valence-electron chi connectivity index (χ1n) is 33.8. The van der Waals surface area contributed by atoms with Crippen LogP contribution in [-0.4, -0.2) is 99.6 Å². The second-order valence-corrected chi connectivity index (χ2v) is 23.6. The third-order valence-electron chi connectivity index (χ3n) is 16.1. The van der Waals surface area contributed by atoms with Crippen molar-refractivity contribution < 1.29 is 49.3 Å². The van der Waals surface area contributed by atoms with Crippen molar-refractivity contribution in [1.29, 1.82) is 0 Å². The van der Waals surface area contributed by atoms with E-state index in [1.807, 2.05) is 6.08 Å². The Morgan fingerprint density at radius 1 is 0.494 bits per heavy atom. The van der Waals surface area contributed by atoms with Crippen molar-refractivity contribution in [3.8, 4) is 0 Å². The third kappa shape index (κ3) is 44.1. The van der Waals surface area contributed by atoms with E-state index in [1.54, 1.807) is 6.08 Å². The summed E-state index contributed by atoms with van der Waals surface area (Å²) in [6.07, 6.45) is 57.6. The quantitative estimate of drug-likeness (QED) is 0.0149. The number of unbranched alkanes of at least 4 members (excludes halogenated alkanes) is 41. The van der Waals surface area contributed by atoms with Gasteiger partial charge in [0.15, 0.2) is 12.4 Å². The molecule has 11 heteroatoms. The van der Waals surface area contributed by atoms with Crippen LogP contribution in [0.5, 0.6) is 0 Å². The van der Waals surface area contributed by atoms with Crippen molar-refractivity contribution in [2.75, 3.05) is 13.2 Å². The van der Waals surface area contributed by atoms with Crippen LogP contribution in [0.25, 0.3) is 0 Å². The van der Waals surface area contributed by atoms with Gasteiger partial charge in [-0.3, -0.25) is 9.59 Å². The summed E-state index contributed by atoms with van der Waals surface area (Å²) in [5, 5.41) is 57.1. The third-order valence-corrected chi connectivity index (χ3v) is 16.1. The molecule has 0 spiro atoms. The van der Waals surface area contributed by atoms with E-state index >= 15 is 0 Å². The van der Waals surface area contributed by atoms with E-state index in [4.69, 9.17) is 14.2 Å². The van der Waals surface area contributed by atoms with Gasteiger partial charge in [0, 0.05) is 6.42 Å². The van der Waals surface area contributed by atoms with Gasteiger partial charge in [-0.05, 0) is 51.4 Å². The molecule has 464 valence electrons. The molecule has 0 aromatic heterocycles. The smallest absolute Gasteiger partial charge is 0.306 e. The summed E-state index contributed by atoms with van der Waals surface area (Å²) in [6, 6.07) is -1.03. The van der Waals surface area contributed by atoms with E-state index in [0.29, 0.717) is 12.8 Å². The van der Waals surface area contributed by atoms with Gasteiger partial charge in [0.05, 0.1) is 25.4 Å². The molecule has 0 bridgehead atoms. The summed E-state index contributed by atoms with van der Waals surface area (Å²) < 4.78 is 17.7. The highest BCUT2D eigenvalue weighted by molar-refractivity contribution is 5.80. The number of nitrogens with one attached hydrogen (secondary N) is 1. The first kappa shape index (κ1) is 74.9. The molecule has 0 radical (unpaired) electrons. The van der Waals surface area contributed by atoms with Gasteiger partial charge < -0.3 is 45.1 Å². The molecule has 0 aromatic rings. The molecule has 6 N–H and O–H groups in total.